The van der Waals surface area contributed by atoms with Crippen LogP contribution < -0.4 is 5.32 Å². The van der Waals surface area contributed by atoms with Gasteiger partial charge in [0.2, 0.25) is 0 Å². The van der Waals surface area contributed by atoms with E-state index in [1.54, 1.807) is 0 Å². The molecule has 1 heterocycles. The van der Waals surface area contributed by atoms with Gasteiger partial charge in [-0.15, -0.1) is 0 Å². The van der Waals surface area contributed by atoms with Gasteiger partial charge in [-0.2, -0.15) is 8.42 Å². The van der Waals surface area contributed by atoms with Crippen LogP contribution in [0.15, 0.2) is 24.3 Å². The van der Waals surface area contributed by atoms with E-state index in [4.69, 9.17) is 4.18 Å². The van der Waals surface area contributed by atoms with Crippen molar-refractivity contribution in [3.05, 3.63) is 35.4 Å². The summed E-state index contributed by atoms with van der Waals surface area (Å²) in [6, 6.07) is 8.03. The van der Waals surface area contributed by atoms with Crippen molar-refractivity contribution >= 4 is 10.1 Å². The Morgan fingerprint density at radius 1 is 1.31 bits per heavy atom. The molecule has 0 amide bonds. The number of benzene rings is 1. The van der Waals surface area contributed by atoms with Crippen LogP contribution in [0, 0.1) is 0 Å². The van der Waals surface area contributed by atoms with E-state index in [1.165, 1.54) is 11.1 Å². The van der Waals surface area contributed by atoms with Gasteiger partial charge in [-0.05, 0) is 11.1 Å². The zero-order valence-electron chi connectivity index (χ0n) is 8.72. The molecule has 2 unspecified atom stereocenters. The molecule has 5 heteroatoms. The summed E-state index contributed by atoms with van der Waals surface area (Å²) in [5.74, 6) is 0.0577. The molecule has 1 saturated heterocycles. The fourth-order valence-corrected chi connectivity index (χ4v) is 3.49. The van der Waals surface area contributed by atoms with Crippen LogP contribution in [0.5, 0.6) is 0 Å². The second kappa shape index (κ2) is 3.55. The lowest BCUT2D eigenvalue weighted by Gasteiger charge is -2.16. The molecule has 4 nitrogen and oxygen atoms in total. The molecule has 1 aromatic carbocycles. The normalized spacial score (nSPS) is 31.5. The van der Waals surface area contributed by atoms with E-state index in [1.807, 2.05) is 24.3 Å². The maximum atomic E-state index is 11.5. The quantitative estimate of drug-likeness (QED) is 0.674. The molecule has 86 valence electrons. The minimum Gasteiger partial charge on any atom is -0.307 e. The molecular weight excluding hydrogens is 226 g/mol. The molecule has 1 aromatic rings. The summed E-state index contributed by atoms with van der Waals surface area (Å²) in [4.78, 5) is 0. The van der Waals surface area contributed by atoms with Gasteiger partial charge >= 0.3 is 0 Å². The van der Waals surface area contributed by atoms with E-state index in [2.05, 4.69) is 5.32 Å². The monoisotopic (exact) mass is 239 g/mol. The van der Waals surface area contributed by atoms with Crippen LogP contribution in [-0.2, 0) is 20.7 Å². The third-order valence-electron chi connectivity index (χ3n) is 3.17. The number of fused-ring (bicyclic) bond motifs is 3. The van der Waals surface area contributed by atoms with Crippen LogP contribution in [0.1, 0.15) is 17.2 Å². The van der Waals surface area contributed by atoms with Gasteiger partial charge in [-0.1, -0.05) is 24.3 Å². The van der Waals surface area contributed by atoms with E-state index in [-0.39, 0.29) is 17.9 Å². The maximum absolute atomic E-state index is 11.5. The molecule has 0 spiro atoms. The van der Waals surface area contributed by atoms with Crippen molar-refractivity contribution in [3.8, 4) is 0 Å². The summed E-state index contributed by atoms with van der Waals surface area (Å²) in [6.45, 7) is 0.456. The lowest BCUT2D eigenvalue weighted by molar-refractivity contribution is 0.186. The molecule has 0 aromatic heterocycles. The first-order chi connectivity index (χ1) is 7.66. The smallest absolute Gasteiger partial charge is 0.268 e. The Morgan fingerprint density at radius 2 is 2.12 bits per heavy atom. The predicted molar refractivity (Wildman–Crippen MR) is 59.5 cm³/mol. The van der Waals surface area contributed by atoms with E-state index in [9.17, 15) is 8.42 Å². The fraction of sp³-hybridized carbons (Fsp3) is 0.455. The van der Waals surface area contributed by atoms with Crippen LogP contribution in [0.2, 0.25) is 0 Å². The minimum absolute atomic E-state index is 0.0217. The average Bonchev–Trinajstić information content (AvgIpc) is 2.48. The summed E-state index contributed by atoms with van der Waals surface area (Å²) in [7, 11) is -3.35. The number of hydrogen-bond donors (Lipinski definition) is 1. The second-order valence-electron chi connectivity index (χ2n) is 4.23. The van der Waals surface area contributed by atoms with Gasteiger partial charge < -0.3 is 5.32 Å². The first kappa shape index (κ1) is 10.3. The number of rotatable bonds is 0. The van der Waals surface area contributed by atoms with Gasteiger partial charge in [-0.25, -0.2) is 0 Å². The van der Waals surface area contributed by atoms with Crippen LogP contribution in [0.3, 0.4) is 0 Å². The molecule has 1 aliphatic carbocycles. The Balaban J connectivity index is 1.99. The third-order valence-corrected chi connectivity index (χ3v) is 4.41. The van der Waals surface area contributed by atoms with E-state index in [0.717, 1.165) is 0 Å². The number of nitrogens with one attached hydrogen (secondary N) is 1. The van der Waals surface area contributed by atoms with Crippen molar-refractivity contribution in [2.45, 2.75) is 18.6 Å². The highest BCUT2D eigenvalue weighted by molar-refractivity contribution is 7.86. The Morgan fingerprint density at radius 3 is 3.00 bits per heavy atom. The van der Waals surface area contributed by atoms with Gasteiger partial charge in [0.05, 0.1) is 11.8 Å². The summed E-state index contributed by atoms with van der Waals surface area (Å²) in [6.07, 6.45) is 0.400. The highest BCUT2D eigenvalue weighted by Crippen LogP contribution is 2.35. The average molecular weight is 239 g/mol. The van der Waals surface area contributed by atoms with E-state index in [0.29, 0.717) is 13.0 Å². The zero-order valence-corrected chi connectivity index (χ0v) is 9.53. The van der Waals surface area contributed by atoms with Crippen molar-refractivity contribution in [2.75, 3.05) is 12.3 Å². The first-order valence-electron chi connectivity index (χ1n) is 5.38. The maximum Gasteiger partial charge on any atom is 0.268 e. The number of hydrogen-bond acceptors (Lipinski definition) is 4. The third kappa shape index (κ3) is 1.65. The van der Waals surface area contributed by atoms with Crippen LogP contribution >= 0.6 is 0 Å². The fourth-order valence-electron chi connectivity index (χ4n) is 2.47. The molecule has 3 rings (SSSR count). The summed E-state index contributed by atoms with van der Waals surface area (Å²) >= 11 is 0. The van der Waals surface area contributed by atoms with Crippen LogP contribution in [0.4, 0.5) is 0 Å². The Bertz CT molecular complexity index is 512. The van der Waals surface area contributed by atoms with Gasteiger partial charge in [0.1, 0.15) is 6.10 Å². The topological polar surface area (TPSA) is 55.4 Å². The standard InChI is InChI=1S/C11H13NO3S/c13-16(14)6-5-12-11-9-4-2-1-3-8(9)7-10(11)15-16/h1-4,10-12H,5-7H2. The molecule has 2 atom stereocenters. The molecule has 1 fully saturated rings. The second-order valence-corrected chi connectivity index (χ2v) is 5.95. The first-order valence-corrected chi connectivity index (χ1v) is 6.96. The summed E-state index contributed by atoms with van der Waals surface area (Å²) in [5.41, 5.74) is 2.35. The van der Waals surface area contributed by atoms with Crippen molar-refractivity contribution in [3.63, 3.8) is 0 Å². The van der Waals surface area contributed by atoms with Crippen LogP contribution in [0.25, 0.3) is 0 Å². The highest BCUT2D eigenvalue weighted by Gasteiger charge is 2.37. The predicted octanol–water partition coefficient (Wildman–Crippen LogP) is 0.602. The molecule has 1 N–H and O–H groups in total. The summed E-state index contributed by atoms with van der Waals surface area (Å²) in [5, 5.41) is 3.25. The lowest BCUT2D eigenvalue weighted by atomic mass is 10.1. The lowest BCUT2D eigenvalue weighted by Crippen LogP contribution is -2.28. The largest absolute Gasteiger partial charge is 0.307 e. The molecule has 16 heavy (non-hydrogen) atoms. The minimum atomic E-state index is -3.35. The van der Waals surface area contributed by atoms with Gasteiger partial charge in [-0.3, -0.25) is 4.18 Å². The molecule has 2 aliphatic rings. The van der Waals surface area contributed by atoms with Gasteiger partial charge in [0.25, 0.3) is 10.1 Å². The van der Waals surface area contributed by atoms with Gasteiger partial charge in [0.15, 0.2) is 0 Å². The molecule has 0 bridgehead atoms. The molecule has 0 saturated carbocycles. The van der Waals surface area contributed by atoms with Crippen molar-refractivity contribution in [2.24, 2.45) is 0 Å². The van der Waals surface area contributed by atoms with Crippen molar-refractivity contribution in [1.29, 1.82) is 0 Å². The van der Waals surface area contributed by atoms with E-state index < -0.39 is 10.1 Å². The molecular formula is C11H13NO3S. The molecule has 0 radical (unpaired) electrons. The van der Waals surface area contributed by atoms with Crippen molar-refractivity contribution in [1.82, 2.24) is 5.32 Å². The Kier molecular flexibility index (Phi) is 2.27. The SMILES string of the molecule is O=S1(=O)CCNC2c3ccccc3CC2O1. The summed E-state index contributed by atoms with van der Waals surface area (Å²) < 4.78 is 28.2. The Labute approximate surface area is 94.7 Å². The van der Waals surface area contributed by atoms with E-state index >= 15 is 0 Å². The highest BCUT2D eigenvalue weighted by atomic mass is 32.2. The zero-order chi connectivity index (χ0) is 11.2. The van der Waals surface area contributed by atoms with Gasteiger partial charge in [0, 0.05) is 13.0 Å². The van der Waals surface area contributed by atoms with Crippen molar-refractivity contribution < 1.29 is 12.6 Å². The Hall–Kier alpha value is -0.910. The van der Waals surface area contributed by atoms with Crippen LogP contribution in [-0.4, -0.2) is 26.8 Å². The molecule has 1 aliphatic heterocycles.